The number of rotatable bonds is 1. The van der Waals surface area contributed by atoms with Gasteiger partial charge in [0.05, 0.1) is 5.69 Å². The van der Waals surface area contributed by atoms with Crippen LogP contribution in [0.1, 0.15) is 12.6 Å². The van der Waals surface area contributed by atoms with Gasteiger partial charge in [-0.25, -0.2) is 0 Å². The molecule has 0 radical (unpaired) electrons. The molecule has 2 rings (SSSR count). The minimum Gasteiger partial charge on any atom is -0.320 e. The number of hydrogen-bond donors (Lipinski definition) is 0. The van der Waals surface area contributed by atoms with Crippen LogP contribution in [0.15, 0.2) is 18.3 Å². The first-order valence-corrected chi connectivity index (χ1v) is 4.90. The van der Waals surface area contributed by atoms with Gasteiger partial charge in [0.25, 0.3) is 0 Å². The highest BCUT2D eigenvalue weighted by Gasteiger charge is 2.15. The van der Waals surface area contributed by atoms with Gasteiger partial charge in [-0.3, -0.25) is 4.24 Å². The third-order valence-electron chi connectivity index (χ3n) is 1.92. The molecule has 0 atom stereocenters. The Labute approximate surface area is 62.8 Å². The SMILES string of the molecule is CC[N+]1=Cc2cccn2[SiH2]1. The summed E-state index contributed by atoms with van der Waals surface area (Å²) in [5, 5.41) is 0. The molecule has 1 aliphatic rings. The first-order chi connectivity index (χ1) is 4.90. The van der Waals surface area contributed by atoms with Gasteiger partial charge in [-0.05, 0) is 19.1 Å². The summed E-state index contributed by atoms with van der Waals surface area (Å²) in [6.45, 7) is 3.36. The molecule has 0 unspecified atom stereocenters. The van der Waals surface area contributed by atoms with Crippen molar-refractivity contribution < 1.29 is 4.24 Å². The molecule has 0 aliphatic carbocycles. The Morgan fingerprint density at radius 1 is 1.70 bits per heavy atom. The fraction of sp³-hybridized carbons (Fsp3) is 0.286. The summed E-state index contributed by atoms with van der Waals surface area (Å²) in [6, 6.07) is 4.29. The fourth-order valence-corrected chi connectivity index (χ4v) is 2.71. The second-order valence-electron chi connectivity index (χ2n) is 2.58. The van der Waals surface area contributed by atoms with Gasteiger partial charge in [0.1, 0.15) is 6.54 Å². The predicted molar refractivity (Wildman–Crippen MR) is 44.3 cm³/mol. The van der Waals surface area contributed by atoms with Crippen LogP contribution < -0.4 is 0 Å². The molecule has 0 amide bonds. The molecule has 1 aromatic heterocycles. The van der Waals surface area contributed by atoms with E-state index < -0.39 is 0 Å². The molecule has 0 saturated carbocycles. The summed E-state index contributed by atoms with van der Waals surface area (Å²) in [7, 11) is -0.158. The van der Waals surface area contributed by atoms with Crippen LogP contribution in [0.4, 0.5) is 0 Å². The Morgan fingerprint density at radius 2 is 2.60 bits per heavy atom. The van der Waals surface area contributed by atoms with E-state index in [9.17, 15) is 0 Å². The van der Waals surface area contributed by atoms with E-state index in [0.29, 0.717) is 0 Å². The van der Waals surface area contributed by atoms with E-state index in [-0.39, 0.29) is 9.84 Å². The Hall–Kier alpha value is -0.833. The lowest BCUT2D eigenvalue weighted by Crippen LogP contribution is -2.16. The van der Waals surface area contributed by atoms with Gasteiger partial charge in [-0.1, -0.05) is 0 Å². The first-order valence-electron chi connectivity index (χ1n) is 3.64. The van der Waals surface area contributed by atoms with Gasteiger partial charge in [-0.15, -0.1) is 0 Å². The van der Waals surface area contributed by atoms with E-state index >= 15 is 0 Å². The van der Waals surface area contributed by atoms with E-state index in [1.807, 2.05) is 0 Å². The molecule has 1 aromatic rings. The minimum atomic E-state index is -0.158. The zero-order valence-electron chi connectivity index (χ0n) is 6.12. The van der Waals surface area contributed by atoms with Crippen molar-refractivity contribution in [3.05, 3.63) is 24.0 Å². The van der Waals surface area contributed by atoms with Gasteiger partial charge in [0.2, 0.25) is 0 Å². The van der Waals surface area contributed by atoms with Crippen molar-refractivity contribution in [2.45, 2.75) is 6.92 Å². The number of nitrogens with zero attached hydrogens (tertiary/aromatic N) is 2. The van der Waals surface area contributed by atoms with Crippen molar-refractivity contribution in [2.24, 2.45) is 0 Å². The first kappa shape index (κ1) is 5.92. The average molecular weight is 151 g/mol. The van der Waals surface area contributed by atoms with Gasteiger partial charge in [-0.2, -0.15) is 0 Å². The van der Waals surface area contributed by atoms with E-state index in [1.165, 1.54) is 5.69 Å². The van der Waals surface area contributed by atoms with Crippen molar-refractivity contribution in [1.29, 1.82) is 0 Å². The lowest BCUT2D eigenvalue weighted by Gasteiger charge is -1.91. The molecule has 2 heterocycles. The molecule has 1 aliphatic heterocycles. The van der Waals surface area contributed by atoms with E-state index in [2.05, 4.69) is 39.9 Å². The van der Waals surface area contributed by atoms with Crippen LogP contribution >= 0.6 is 0 Å². The van der Waals surface area contributed by atoms with Gasteiger partial charge in [0.15, 0.2) is 6.21 Å². The van der Waals surface area contributed by atoms with Crippen LogP contribution in [0.25, 0.3) is 0 Å². The van der Waals surface area contributed by atoms with Gasteiger partial charge in [0, 0.05) is 6.20 Å². The zero-order valence-corrected chi connectivity index (χ0v) is 7.53. The lowest BCUT2D eigenvalue weighted by atomic mass is 10.5. The molecule has 0 spiro atoms. The standard InChI is InChI=1S/C7H11N2Si/c1-2-8-6-7-4-3-5-9(7)10-8/h3-6H,2,10H2,1H3/q+1. The normalized spacial score (nSPS) is 17.5. The highest BCUT2D eigenvalue weighted by molar-refractivity contribution is 6.28. The third kappa shape index (κ3) is 0.742. The van der Waals surface area contributed by atoms with Crippen molar-refractivity contribution in [3.8, 4) is 0 Å². The van der Waals surface area contributed by atoms with Crippen LogP contribution in [-0.4, -0.2) is 31.1 Å². The molecular formula is C7H11N2Si+. The Kier molecular flexibility index (Phi) is 1.24. The molecule has 3 heteroatoms. The maximum Gasteiger partial charge on any atom is 0.446 e. The van der Waals surface area contributed by atoms with Crippen molar-refractivity contribution in [3.63, 3.8) is 0 Å². The maximum atomic E-state index is 2.43. The number of fused-ring (bicyclic) bond motifs is 1. The Morgan fingerprint density at radius 3 is 3.30 bits per heavy atom. The highest BCUT2D eigenvalue weighted by Crippen LogP contribution is 2.01. The van der Waals surface area contributed by atoms with Crippen LogP contribution in [-0.2, 0) is 0 Å². The summed E-state index contributed by atoms with van der Waals surface area (Å²) in [5.41, 5.74) is 1.38. The highest BCUT2D eigenvalue weighted by atomic mass is 28.2. The quantitative estimate of drug-likeness (QED) is 0.491. The van der Waals surface area contributed by atoms with Crippen molar-refractivity contribution in [1.82, 2.24) is 4.23 Å². The van der Waals surface area contributed by atoms with Crippen LogP contribution in [0.2, 0.25) is 0 Å². The molecule has 0 N–H and O–H groups in total. The monoisotopic (exact) mass is 151 g/mol. The molecule has 52 valence electrons. The van der Waals surface area contributed by atoms with Crippen molar-refractivity contribution >= 4 is 16.1 Å². The summed E-state index contributed by atoms with van der Waals surface area (Å²) in [4.78, 5) is 0. The van der Waals surface area contributed by atoms with E-state index in [0.717, 1.165) is 6.54 Å². The summed E-state index contributed by atoms with van der Waals surface area (Å²) in [5.74, 6) is 0. The Balaban J connectivity index is 2.36. The lowest BCUT2D eigenvalue weighted by molar-refractivity contribution is -0.369. The molecule has 0 fully saturated rings. The number of hydrogen-bond acceptors (Lipinski definition) is 0. The smallest absolute Gasteiger partial charge is 0.320 e. The minimum absolute atomic E-state index is 0.158. The molecule has 0 aromatic carbocycles. The summed E-state index contributed by atoms with van der Waals surface area (Å²) < 4.78 is 4.80. The maximum absolute atomic E-state index is 2.43. The molecular weight excluding hydrogens is 140 g/mol. The fourth-order valence-electron chi connectivity index (χ4n) is 1.29. The second-order valence-corrected chi connectivity index (χ2v) is 4.35. The third-order valence-corrected chi connectivity index (χ3v) is 3.79. The predicted octanol–water partition coefficient (Wildman–Crippen LogP) is -0.200. The average Bonchev–Trinajstić information content (AvgIpc) is 2.42. The molecule has 0 bridgehead atoms. The second kappa shape index (κ2) is 2.09. The Bertz CT molecular complexity index is 275. The van der Waals surface area contributed by atoms with Crippen LogP contribution in [0.3, 0.4) is 0 Å². The largest absolute Gasteiger partial charge is 0.446 e. The van der Waals surface area contributed by atoms with Crippen LogP contribution in [0, 0.1) is 0 Å². The molecule has 10 heavy (non-hydrogen) atoms. The van der Waals surface area contributed by atoms with E-state index in [4.69, 9.17) is 0 Å². The topological polar surface area (TPSA) is 7.94 Å². The summed E-state index contributed by atoms with van der Waals surface area (Å²) >= 11 is 0. The number of aromatic nitrogens is 1. The van der Waals surface area contributed by atoms with Gasteiger partial charge >= 0.3 is 9.84 Å². The van der Waals surface area contributed by atoms with Crippen molar-refractivity contribution in [2.75, 3.05) is 6.54 Å². The summed E-state index contributed by atoms with van der Waals surface area (Å²) in [6.07, 6.45) is 4.43. The molecule has 2 nitrogen and oxygen atoms in total. The molecule has 0 saturated heterocycles. The zero-order chi connectivity index (χ0) is 6.97. The van der Waals surface area contributed by atoms with E-state index in [1.54, 1.807) is 0 Å². The van der Waals surface area contributed by atoms with Gasteiger partial charge < -0.3 is 4.23 Å². The van der Waals surface area contributed by atoms with Crippen LogP contribution in [0.5, 0.6) is 0 Å².